The lowest BCUT2D eigenvalue weighted by Crippen LogP contribution is -2.13. The Kier molecular flexibility index (Phi) is 3.39. The number of aromatic amines is 1. The van der Waals surface area contributed by atoms with E-state index in [1.54, 1.807) is 6.20 Å². The van der Waals surface area contributed by atoms with Gasteiger partial charge in [0, 0.05) is 29.2 Å². The molecule has 0 fully saturated rings. The molecule has 0 aliphatic carbocycles. The summed E-state index contributed by atoms with van der Waals surface area (Å²) in [5.74, 6) is 0.697. The van der Waals surface area contributed by atoms with E-state index in [1.807, 2.05) is 72.6 Å². The lowest BCUT2D eigenvalue weighted by Gasteiger charge is -2.19. The van der Waals surface area contributed by atoms with Crippen LogP contribution in [0.2, 0.25) is 0 Å². The maximum atomic E-state index is 12.5. The van der Waals surface area contributed by atoms with E-state index in [0.717, 1.165) is 28.3 Å². The first-order chi connectivity index (χ1) is 11.7. The van der Waals surface area contributed by atoms with Crippen molar-refractivity contribution in [1.29, 1.82) is 0 Å². The van der Waals surface area contributed by atoms with Crippen molar-refractivity contribution in [2.45, 2.75) is 6.92 Å². The number of benzene rings is 2. The molecular weight excluding hydrogens is 300 g/mol. The van der Waals surface area contributed by atoms with E-state index in [9.17, 15) is 4.79 Å². The van der Waals surface area contributed by atoms with Crippen LogP contribution in [0, 0.1) is 6.92 Å². The van der Waals surface area contributed by atoms with E-state index in [4.69, 9.17) is 0 Å². The van der Waals surface area contributed by atoms with Gasteiger partial charge < -0.3 is 10.2 Å². The zero-order chi connectivity index (χ0) is 16.5. The summed E-state index contributed by atoms with van der Waals surface area (Å²) in [6.45, 7) is 2.01. The highest BCUT2D eigenvalue weighted by Gasteiger charge is 2.27. The zero-order valence-electron chi connectivity index (χ0n) is 13.2. The molecule has 1 aromatic heterocycles. The van der Waals surface area contributed by atoms with Gasteiger partial charge >= 0.3 is 0 Å². The molecule has 5 nitrogen and oxygen atoms in total. The number of fused-ring (bicyclic) bond motifs is 1. The number of aromatic nitrogens is 2. The number of hydrogen-bond donors (Lipinski definition) is 2. The van der Waals surface area contributed by atoms with Crippen LogP contribution >= 0.6 is 0 Å². The van der Waals surface area contributed by atoms with E-state index in [-0.39, 0.29) is 5.91 Å². The second-order valence-electron chi connectivity index (χ2n) is 5.64. The van der Waals surface area contributed by atoms with Gasteiger partial charge in [-0.2, -0.15) is 5.10 Å². The van der Waals surface area contributed by atoms with Gasteiger partial charge in [-0.15, -0.1) is 0 Å². The summed E-state index contributed by atoms with van der Waals surface area (Å²) in [4.78, 5) is 14.4. The summed E-state index contributed by atoms with van der Waals surface area (Å²) in [6, 6.07) is 17.6. The first-order valence-electron chi connectivity index (χ1n) is 7.71. The quantitative estimate of drug-likeness (QED) is 0.722. The summed E-state index contributed by atoms with van der Waals surface area (Å²) < 4.78 is 0. The number of para-hydroxylation sites is 1. The van der Waals surface area contributed by atoms with Crippen molar-refractivity contribution >= 4 is 28.7 Å². The van der Waals surface area contributed by atoms with Crippen molar-refractivity contribution in [3.8, 4) is 0 Å². The van der Waals surface area contributed by atoms with Gasteiger partial charge in [0.05, 0.1) is 11.8 Å². The standard InChI is InChI=1S/C19H16N4O/c1-13-6-5-9-16-18(13)15(19(24)21-16)12-23(17-10-11-20-22-17)14-7-3-2-4-8-14/h2-12H,1H3,(H,20,22)(H,21,24). The fourth-order valence-corrected chi connectivity index (χ4v) is 2.94. The highest BCUT2D eigenvalue weighted by atomic mass is 16.2. The first kappa shape index (κ1) is 14.3. The SMILES string of the molecule is Cc1cccc2c1C(=CN(c1ccccc1)c1ccn[nH]1)C(=O)N2. The van der Waals surface area contributed by atoms with Gasteiger partial charge in [-0.25, -0.2) is 0 Å². The van der Waals surface area contributed by atoms with Crippen LogP contribution in [0.15, 0.2) is 67.0 Å². The number of rotatable bonds is 3. The van der Waals surface area contributed by atoms with Gasteiger partial charge in [0.1, 0.15) is 5.82 Å². The molecule has 0 saturated carbocycles. The first-order valence-corrected chi connectivity index (χ1v) is 7.71. The summed E-state index contributed by atoms with van der Waals surface area (Å²) in [5.41, 5.74) is 4.45. The van der Waals surface area contributed by atoms with E-state index >= 15 is 0 Å². The molecular formula is C19H16N4O. The van der Waals surface area contributed by atoms with E-state index in [0.29, 0.717) is 5.57 Å². The molecule has 118 valence electrons. The van der Waals surface area contributed by atoms with Crippen LogP contribution in [-0.4, -0.2) is 16.1 Å². The maximum Gasteiger partial charge on any atom is 0.257 e. The maximum absolute atomic E-state index is 12.5. The number of hydrogen-bond acceptors (Lipinski definition) is 3. The Balaban J connectivity index is 1.87. The monoisotopic (exact) mass is 316 g/mol. The molecule has 2 N–H and O–H groups in total. The van der Waals surface area contributed by atoms with Gasteiger partial charge in [-0.1, -0.05) is 30.3 Å². The zero-order valence-corrected chi connectivity index (χ0v) is 13.2. The second kappa shape index (κ2) is 5.70. The predicted molar refractivity (Wildman–Crippen MR) is 95.0 cm³/mol. The molecule has 0 saturated heterocycles. The average molecular weight is 316 g/mol. The Bertz CT molecular complexity index is 914. The van der Waals surface area contributed by atoms with Crippen molar-refractivity contribution in [1.82, 2.24) is 10.2 Å². The van der Waals surface area contributed by atoms with Crippen LogP contribution in [0.25, 0.3) is 5.57 Å². The van der Waals surface area contributed by atoms with E-state index < -0.39 is 0 Å². The van der Waals surface area contributed by atoms with Gasteiger partial charge in [-0.05, 0) is 30.7 Å². The number of carbonyl (C=O) groups is 1. The topological polar surface area (TPSA) is 61.0 Å². The molecule has 0 atom stereocenters. The summed E-state index contributed by atoms with van der Waals surface area (Å²) in [5, 5.41) is 9.92. The Hall–Kier alpha value is -3.34. The molecule has 4 rings (SSSR count). The third-order valence-electron chi connectivity index (χ3n) is 4.07. The number of nitrogens with one attached hydrogen (secondary N) is 2. The molecule has 1 aliphatic rings. The Morgan fingerprint density at radius 3 is 2.62 bits per heavy atom. The molecule has 2 heterocycles. The summed E-state index contributed by atoms with van der Waals surface area (Å²) >= 11 is 0. The molecule has 2 aromatic carbocycles. The van der Waals surface area contributed by atoms with Crippen molar-refractivity contribution in [3.05, 3.63) is 78.1 Å². The fraction of sp³-hybridized carbons (Fsp3) is 0.0526. The second-order valence-corrected chi connectivity index (χ2v) is 5.64. The smallest absolute Gasteiger partial charge is 0.257 e. The van der Waals surface area contributed by atoms with Gasteiger partial charge in [0.25, 0.3) is 5.91 Å². The minimum Gasteiger partial charge on any atom is -0.321 e. The number of nitrogens with zero attached hydrogens (tertiary/aromatic N) is 2. The molecule has 0 bridgehead atoms. The highest BCUT2D eigenvalue weighted by Crippen LogP contribution is 2.36. The van der Waals surface area contributed by atoms with Crippen LogP contribution in [0.4, 0.5) is 17.2 Å². The molecule has 1 aliphatic heterocycles. The van der Waals surface area contributed by atoms with Crippen molar-refractivity contribution < 1.29 is 4.79 Å². The van der Waals surface area contributed by atoms with Gasteiger partial charge in [0.2, 0.25) is 0 Å². The van der Waals surface area contributed by atoms with Gasteiger partial charge in [-0.3, -0.25) is 9.89 Å². The minimum atomic E-state index is -0.0975. The van der Waals surface area contributed by atoms with E-state index in [1.165, 1.54) is 0 Å². The molecule has 0 unspecified atom stereocenters. The fourth-order valence-electron chi connectivity index (χ4n) is 2.94. The van der Waals surface area contributed by atoms with Crippen LogP contribution in [-0.2, 0) is 4.79 Å². The largest absolute Gasteiger partial charge is 0.321 e. The van der Waals surface area contributed by atoms with Crippen molar-refractivity contribution in [2.75, 3.05) is 10.2 Å². The third kappa shape index (κ3) is 2.36. The van der Waals surface area contributed by atoms with Crippen molar-refractivity contribution in [3.63, 3.8) is 0 Å². The Morgan fingerprint density at radius 1 is 1.04 bits per heavy atom. The highest BCUT2D eigenvalue weighted by molar-refractivity contribution is 6.32. The van der Waals surface area contributed by atoms with E-state index in [2.05, 4.69) is 15.5 Å². The molecule has 0 spiro atoms. The average Bonchev–Trinajstić information content (AvgIpc) is 3.22. The summed E-state index contributed by atoms with van der Waals surface area (Å²) in [6.07, 6.45) is 3.55. The molecule has 3 aromatic rings. The Labute approximate surface area is 139 Å². The molecule has 0 radical (unpaired) electrons. The number of anilines is 3. The van der Waals surface area contributed by atoms with Crippen LogP contribution < -0.4 is 10.2 Å². The number of H-pyrrole nitrogens is 1. The van der Waals surface area contributed by atoms with Crippen LogP contribution in [0.3, 0.4) is 0 Å². The molecule has 24 heavy (non-hydrogen) atoms. The third-order valence-corrected chi connectivity index (χ3v) is 4.07. The Morgan fingerprint density at radius 2 is 1.88 bits per heavy atom. The number of carbonyl (C=O) groups excluding carboxylic acids is 1. The number of amides is 1. The summed E-state index contributed by atoms with van der Waals surface area (Å²) in [7, 11) is 0. The van der Waals surface area contributed by atoms with Gasteiger partial charge in [0.15, 0.2) is 0 Å². The predicted octanol–water partition coefficient (Wildman–Crippen LogP) is 3.85. The molecule has 5 heteroatoms. The number of aryl methyl sites for hydroxylation is 1. The van der Waals surface area contributed by atoms with Crippen LogP contribution in [0.5, 0.6) is 0 Å². The van der Waals surface area contributed by atoms with Crippen molar-refractivity contribution in [2.24, 2.45) is 0 Å². The molecule has 1 amide bonds. The lowest BCUT2D eigenvalue weighted by molar-refractivity contribution is -0.110. The normalized spacial score (nSPS) is 14.5. The lowest BCUT2D eigenvalue weighted by atomic mass is 10.0. The van der Waals surface area contributed by atoms with Crippen LogP contribution in [0.1, 0.15) is 11.1 Å². The minimum absolute atomic E-state index is 0.0975.